The van der Waals surface area contributed by atoms with Crippen molar-refractivity contribution in [2.75, 3.05) is 5.32 Å². The number of halogens is 2. The number of hydrogen-bond acceptors (Lipinski definition) is 3. The van der Waals surface area contributed by atoms with Gasteiger partial charge in [0.05, 0.1) is 15.7 Å². The summed E-state index contributed by atoms with van der Waals surface area (Å²) in [6.45, 7) is 1.78. The normalized spacial score (nSPS) is 10.0. The largest absolute Gasteiger partial charge is 0.338 e. The summed E-state index contributed by atoms with van der Waals surface area (Å²) in [5, 5.41) is 19.6. The van der Waals surface area contributed by atoms with E-state index in [1.54, 1.807) is 25.1 Å². The van der Waals surface area contributed by atoms with E-state index in [2.05, 4.69) is 21.6 Å². The number of nitrogens with zero attached hydrogens (tertiary/aromatic N) is 2. The highest BCUT2D eigenvalue weighted by Gasteiger charge is 2.10. The monoisotopic (exact) mass is 266 g/mol. The molecule has 0 aliphatic carbocycles. The molecule has 1 heterocycles. The van der Waals surface area contributed by atoms with Crippen molar-refractivity contribution in [1.82, 2.24) is 10.2 Å². The van der Waals surface area contributed by atoms with E-state index in [0.717, 1.165) is 11.4 Å². The summed E-state index contributed by atoms with van der Waals surface area (Å²) in [5.41, 5.74) is 1.92. The van der Waals surface area contributed by atoms with Gasteiger partial charge in [0.25, 0.3) is 0 Å². The second-order valence-electron chi connectivity index (χ2n) is 3.44. The molecule has 0 bridgehead atoms. The van der Waals surface area contributed by atoms with E-state index in [0.29, 0.717) is 21.4 Å². The summed E-state index contributed by atoms with van der Waals surface area (Å²) in [6, 6.07) is 7.19. The van der Waals surface area contributed by atoms with Gasteiger partial charge >= 0.3 is 0 Å². The number of nitriles is 1. The lowest BCUT2D eigenvalue weighted by atomic mass is 10.2. The smallest absolute Gasteiger partial charge is 0.170 e. The minimum Gasteiger partial charge on any atom is -0.338 e. The van der Waals surface area contributed by atoms with Crippen LogP contribution in [0.2, 0.25) is 10.0 Å². The number of anilines is 2. The van der Waals surface area contributed by atoms with Crippen LogP contribution < -0.4 is 5.32 Å². The number of aromatic amines is 1. The van der Waals surface area contributed by atoms with Crippen LogP contribution in [0.25, 0.3) is 0 Å². The molecule has 86 valence electrons. The maximum atomic E-state index is 8.97. The first-order chi connectivity index (χ1) is 8.11. The summed E-state index contributed by atoms with van der Waals surface area (Å²) in [6.07, 6.45) is 0. The molecule has 2 rings (SSSR count). The zero-order valence-corrected chi connectivity index (χ0v) is 10.4. The molecule has 0 aliphatic heterocycles. The molecule has 0 amide bonds. The van der Waals surface area contributed by atoms with Crippen molar-refractivity contribution in [1.29, 1.82) is 5.26 Å². The number of benzene rings is 1. The van der Waals surface area contributed by atoms with Crippen LogP contribution in [0.4, 0.5) is 11.5 Å². The number of H-pyrrole nitrogens is 1. The second-order valence-corrected chi connectivity index (χ2v) is 4.25. The van der Waals surface area contributed by atoms with Crippen molar-refractivity contribution in [3.8, 4) is 6.07 Å². The van der Waals surface area contributed by atoms with Crippen LogP contribution in [-0.4, -0.2) is 10.2 Å². The molecule has 0 atom stereocenters. The van der Waals surface area contributed by atoms with E-state index >= 15 is 0 Å². The van der Waals surface area contributed by atoms with E-state index in [-0.39, 0.29) is 0 Å². The number of aryl methyl sites for hydroxylation is 1. The summed E-state index contributed by atoms with van der Waals surface area (Å²) in [7, 11) is 0. The van der Waals surface area contributed by atoms with Gasteiger partial charge in [0.2, 0.25) is 0 Å². The van der Waals surface area contributed by atoms with Gasteiger partial charge in [-0.2, -0.15) is 10.4 Å². The maximum absolute atomic E-state index is 8.97. The van der Waals surface area contributed by atoms with Crippen LogP contribution in [0, 0.1) is 18.3 Å². The van der Waals surface area contributed by atoms with Crippen LogP contribution >= 0.6 is 23.2 Å². The third kappa shape index (κ3) is 2.36. The number of rotatable bonds is 2. The SMILES string of the molecule is Cc1[nH]nc(Nc2ccc(Cl)c(Cl)c2)c1C#N. The minimum absolute atomic E-state index is 0.447. The maximum Gasteiger partial charge on any atom is 0.170 e. The summed E-state index contributed by atoms with van der Waals surface area (Å²) >= 11 is 11.7. The molecule has 2 aromatic rings. The number of nitrogens with one attached hydrogen (secondary N) is 2. The van der Waals surface area contributed by atoms with E-state index in [9.17, 15) is 0 Å². The van der Waals surface area contributed by atoms with Gasteiger partial charge in [0.15, 0.2) is 5.82 Å². The molecule has 0 saturated heterocycles. The molecule has 17 heavy (non-hydrogen) atoms. The Morgan fingerprint density at radius 1 is 1.35 bits per heavy atom. The van der Waals surface area contributed by atoms with Gasteiger partial charge < -0.3 is 5.32 Å². The van der Waals surface area contributed by atoms with E-state index in [4.69, 9.17) is 28.5 Å². The van der Waals surface area contributed by atoms with Crippen molar-refractivity contribution in [2.24, 2.45) is 0 Å². The van der Waals surface area contributed by atoms with Crippen LogP contribution in [0.15, 0.2) is 18.2 Å². The first-order valence-electron chi connectivity index (χ1n) is 4.79. The Labute approximate surface area is 108 Å². The van der Waals surface area contributed by atoms with Gasteiger partial charge in [-0.25, -0.2) is 0 Å². The number of hydrogen-bond donors (Lipinski definition) is 2. The highest BCUT2D eigenvalue weighted by Crippen LogP contribution is 2.27. The lowest BCUT2D eigenvalue weighted by molar-refractivity contribution is 1.05. The van der Waals surface area contributed by atoms with Gasteiger partial charge in [0.1, 0.15) is 11.6 Å². The minimum atomic E-state index is 0.447. The topological polar surface area (TPSA) is 64.5 Å². The molecule has 6 heteroatoms. The Bertz CT molecular complexity index is 598. The van der Waals surface area contributed by atoms with Crippen LogP contribution in [0.3, 0.4) is 0 Å². The third-order valence-corrected chi connectivity index (χ3v) is 2.98. The first kappa shape index (κ1) is 11.8. The van der Waals surface area contributed by atoms with Crippen molar-refractivity contribution in [3.05, 3.63) is 39.5 Å². The van der Waals surface area contributed by atoms with Gasteiger partial charge in [-0.15, -0.1) is 0 Å². The third-order valence-electron chi connectivity index (χ3n) is 2.24. The quantitative estimate of drug-likeness (QED) is 0.872. The molecule has 0 unspecified atom stereocenters. The fourth-order valence-electron chi connectivity index (χ4n) is 1.37. The van der Waals surface area contributed by atoms with E-state index < -0.39 is 0 Å². The molecule has 2 N–H and O–H groups in total. The average molecular weight is 267 g/mol. The highest BCUT2D eigenvalue weighted by molar-refractivity contribution is 6.42. The van der Waals surface area contributed by atoms with Crippen LogP contribution in [0.5, 0.6) is 0 Å². The molecule has 1 aromatic heterocycles. The van der Waals surface area contributed by atoms with Crippen molar-refractivity contribution in [3.63, 3.8) is 0 Å². The molecule has 0 spiro atoms. The van der Waals surface area contributed by atoms with E-state index in [1.807, 2.05) is 0 Å². The van der Waals surface area contributed by atoms with Crippen molar-refractivity contribution < 1.29 is 0 Å². The van der Waals surface area contributed by atoms with Crippen LogP contribution in [0.1, 0.15) is 11.3 Å². The van der Waals surface area contributed by atoms with Crippen molar-refractivity contribution in [2.45, 2.75) is 6.92 Å². The Balaban J connectivity index is 2.32. The molecule has 0 saturated carbocycles. The first-order valence-corrected chi connectivity index (χ1v) is 5.54. The Morgan fingerprint density at radius 2 is 2.12 bits per heavy atom. The van der Waals surface area contributed by atoms with E-state index in [1.165, 1.54) is 0 Å². The highest BCUT2D eigenvalue weighted by atomic mass is 35.5. The van der Waals surface area contributed by atoms with Gasteiger partial charge in [0, 0.05) is 5.69 Å². The van der Waals surface area contributed by atoms with Gasteiger partial charge in [-0.05, 0) is 25.1 Å². The van der Waals surface area contributed by atoms with Gasteiger partial charge in [-0.3, -0.25) is 5.10 Å². The Hall–Kier alpha value is -1.70. The molecule has 4 nitrogen and oxygen atoms in total. The second kappa shape index (κ2) is 4.66. The van der Waals surface area contributed by atoms with Crippen molar-refractivity contribution >= 4 is 34.7 Å². The summed E-state index contributed by atoms with van der Waals surface area (Å²) in [5.74, 6) is 0.475. The zero-order chi connectivity index (χ0) is 12.4. The average Bonchev–Trinajstić information content (AvgIpc) is 2.64. The predicted molar refractivity (Wildman–Crippen MR) is 67.8 cm³/mol. The zero-order valence-electron chi connectivity index (χ0n) is 8.88. The fourth-order valence-corrected chi connectivity index (χ4v) is 1.67. The predicted octanol–water partition coefficient (Wildman–Crippen LogP) is 3.64. The number of aromatic nitrogens is 2. The molecule has 0 fully saturated rings. The fraction of sp³-hybridized carbons (Fsp3) is 0.0909. The standard InChI is InChI=1S/C11H8Cl2N4/c1-6-8(5-14)11(17-16-6)15-7-2-3-9(12)10(13)4-7/h2-4H,1H3,(H2,15,16,17). The lowest BCUT2D eigenvalue weighted by Crippen LogP contribution is -1.93. The molecular formula is C11H8Cl2N4. The lowest BCUT2D eigenvalue weighted by Gasteiger charge is -2.04. The summed E-state index contributed by atoms with van der Waals surface area (Å²) < 4.78 is 0. The molecule has 0 radical (unpaired) electrons. The molecule has 1 aromatic carbocycles. The molecule has 0 aliphatic rings. The Kier molecular flexibility index (Phi) is 3.23. The van der Waals surface area contributed by atoms with Crippen LogP contribution in [-0.2, 0) is 0 Å². The summed E-state index contributed by atoms with van der Waals surface area (Å²) in [4.78, 5) is 0. The Morgan fingerprint density at radius 3 is 2.76 bits per heavy atom. The molecular weight excluding hydrogens is 259 g/mol. The van der Waals surface area contributed by atoms with Gasteiger partial charge in [-0.1, -0.05) is 23.2 Å².